The number of aryl methyl sites for hydroxylation is 1. The van der Waals surface area contributed by atoms with E-state index in [1.165, 1.54) is 11.0 Å². The maximum absolute atomic E-state index is 12.4. The van der Waals surface area contributed by atoms with Crippen LogP contribution >= 0.6 is 0 Å². The number of fused-ring (bicyclic) bond motifs is 1. The van der Waals surface area contributed by atoms with Gasteiger partial charge >= 0.3 is 5.97 Å². The van der Waals surface area contributed by atoms with E-state index in [9.17, 15) is 14.4 Å². The molecule has 0 aliphatic carbocycles. The number of hydrogen-bond donors (Lipinski definition) is 0. The largest absolute Gasteiger partial charge is 0.456 e. The van der Waals surface area contributed by atoms with Gasteiger partial charge in [0.05, 0.1) is 17.3 Å². The van der Waals surface area contributed by atoms with Gasteiger partial charge < -0.3 is 9.64 Å². The van der Waals surface area contributed by atoms with Crippen molar-refractivity contribution in [3.05, 3.63) is 40.4 Å². The van der Waals surface area contributed by atoms with Crippen molar-refractivity contribution in [1.82, 2.24) is 14.5 Å². The van der Waals surface area contributed by atoms with E-state index in [0.29, 0.717) is 16.7 Å². The van der Waals surface area contributed by atoms with E-state index in [2.05, 4.69) is 4.98 Å². The van der Waals surface area contributed by atoms with E-state index in [1.807, 2.05) is 6.07 Å². The number of benzene rings is 1. The van der Waals surface area contributed by atoms with Gasteiger partial charge in [-0.05, 0) is 25.0 Å². The summed E-state index contributed by atoms with van der Waals surface area (Å²) in [6.07, 6.45) is 5.87. The summed E-state index contributed by atoms with van der Waals surface area (Å²) in [5.41, 5.74) is 0.474. The highest BCUT2D eigenvalue weighted by Gasteiger charge is 2.17. The van der Waals surface area contributed by atoms with Gasteiger partial charge in [-0.3, -0.25) is 19.0 Å². The van der Waals surface area contributed by atoms with Crippen LogP contribution in [0.1, 0.15) is 44.3 Å². The van der Waals surface area contributed by atoms with Crippen LogP contribution in [0, 0.1) is 0 Å². The Morgan fingerprint density at radius 1 is 1.07 bits per heavy atom. The van der Waals surface area contributed by atoms with Gasteiger partial charge in [0.2, 0.25) is 0 Å². The zero-order valence-electron chi connectivity index (χ0n) is 16.4. The molecular weight excluding hydrogens is 358 g/mol. The minimum Gasteiger partial charge on any atom is -0.456 e. The highest BCUT2D eigenvalue weighted by molar-refractivity contribution is 5.81. The van der Waals surface area contributed by atoms with Gasteiger partial charge in [-0.1, -0.05) is 31.4 Å². The standard InChI is InChI=1S/C21H27N3O4/c1-23-18(22-17-10-6-5-9-16(17)21(23)27)11-12-20(26)28-15-19(25)24-13-7-3-2-4-8-14-24/h5-6,9-10H,2-4,7-8,11-15H2,1H3. The third-order valence-electron chi connectivity index (χ3n) is 5.19. The van der Waals surface area contributed by atoms with E-state index in [-0.39, 0.29) is 30.9 Å². The van der Waals surface area contributed by atoms with Crippen LogP contribution in [0.2, 0.25) is 0 Å². The van der Waals surface area contributed by atoms with Crippen molar-refractivity contribution in [1.29, 1.82) is 0 Å². The molecule has 1 fully saturated rings. The summed E-state index contributed by atoms with van der Waals surface area (Å²) in [5.74, 6) is -0.0648. The number of rotatable bonds is 5. The Hall–Kier alpha value is -2.70. The lowest BCUT2D eigenvalue weighted by Crippen LogP contribution is -2.37. The first kappa shape index (κ1) is 20.0. The summed E-state index contributed by atoms with van der Waals surface area (Å²) >= 11 is 0. The molecule has 2 aromatic rings. The number of para-hydroxylation sites is 1. The first-order valence-electron chi connectivity index (χ1n) is 9.94. The van der Waals surface area contributed by atoms with Crippen LogP contribution in [0.15, 0.2) is 29.1 Å². The highest BCUT2D eigenvalue weighted by Crippen LogP contribution is 2.11. The Morgan fingerprint density at radius 3 is 2.50 bits per heavy atom. The molecule has 28 heavy (non-hydrogen) atoms. The minimum absolute atomic E-state index is 0.0753. The van der Waals surface area contributed by atoms with E-state index in [0.717, 1.165) is 38.8 Å². The number of nitrogens with zero attached hydrogens (tertiary/aromatic N) is 3. The van der Waals surface area contributed by atoms with Gasteiger partial charge in [-0.2, -0.15) is 0 Å². The molecule has 1 amide bonds. The lowest BCUT2D eigenvalue weighted by atomic mass is 10.1. The van der Waals surface area contributed by atoms with Crippen molar-refractivity contribution in [2.75, 3.05) is 19.7 Å². The lowest BCUT2D eigenvalue weighted by molar-refractivity contribution is -0.152. The zero-order valence-corrected chi connectivity index (χ0v) is 16.4. The third kappa shape index (κ3) is 4.97. The molecule has 7 heteroatoms. The number of ether oxygens (including phenoxy) is 1. The van der Waals surface area contributed by atoms with Crippen LogP contribution in [-0.2, 0) is 27.8 Å². The summed E-state index contributed by atoms with van der Waals surface area (Å²) in [6.45, 7) is 1.25. The van der Waals surface area contributed by atoms with Gasteiger partial charge in [0.1, 0.15) is 5.82 Å². The van der Waals surface area contributed by atoms with Crippen LogP contribution in [0.25, 0.3) is 10.9 Å². The quantitative estimate of drug-likeness (QED) is 0.737. The van der Waals surface area contributed by atoms with Crippen molar-refractivity contribution >= 4 is 22.8 Å². The number of amides is 1. The van der Waals surface area contributed by atoms with E-state index in [4.69, 9.17) is 4.74 Å². The van der Waals surface area contributed by atoms with Crippen molar-refractivity contribution < 1.29 is 14.3 Å². The van der Waals surface area contributed by atoms with Gasteiger partial charge in [0, 0.05) is 26.6 Å². The molecule has 0 N–H and O–H groups in total. The maximum Gasteiger partial charge on any atom is 0.306 e. The van der Waals surface area contributed by atoms with Crippen LogP contribution in [-0.4, -0.2) is 46.0 Å². The Bertz CT molecular complexity index is 898. The fourth-order valence-electron chi connectivity index (χ4n) is 3.50. The molecule has 1 saturated heterocycles. The molecule has 0 atom stereocenters. The maximum atomic E-state index is 12.4. The van der Waals surface area contributed by atoms with Gasteiger partial charge in [0.25, 0.3) is 11.5 Å². The zero-order chi connectivity index (χ0) is 19.9. The Morgan fingerprint density at radius 2 is 1.75 bits per heavy atom. The molecule has 150 valence electrons. The van der Waals surface area contributed by atoms with Crippen molar-refractivity contribution in [3.8, 4) is 0 Å². The second-order valence-corrected chi connectivity index (χ2v) is 7.22. The van der Waals surface area contributed by atoms with Crippen molar-refractivity contribution in [3.63, 3.8) is 0 Å². The summed E-state index contributed by atoms with van der Waals surface area (Å²) in [7, 11) is 1.65. The van der Waals surface area contributed by atoms with E-state index >= 15 is 0 Å². The molecule has 1 aliphatic heterocycles. The number of hydrogen-bond acceptors (Lipinski definition) is 5. The Kier molecular flexibility index (Phi) is 6.79. The molecular formula is C21H27N3O4. The smallest absolute Gasteiger partial charge is 0.306 e. The molecule has 0 unspecified atom stereocenters. The number of esters is 1. The molecule has 1 aromatic carbocycles. The van der Waals surface area contributed by atoms with E-state index in [1.54, 1.807) is 30.1 Å². The first-order valence-corrected chi connectivity index (χ1v) is 9.94. The number of carbonyl (C=O) groups excluding carboxylic acids is 2. The molecule has 0 saturated carbocycles. The van der Waals surface area contributed by atoms with Crippen LogP contribution < -0.4 is 5.56 Å². The lowest BCUT2D eigenvalue weighted by Gasteiger charge is -2.24. The molecule has 1 aliphatic rings. The Labute approximate surface area is 164 Å². The number of likely N-dealkylation sites (tertiary alicyclic amines) is 1. The molecule has 3 rings (SSSR count). The van der Waals surface area contributed by atoms with Gasteiger partial charge in [-0.25, -0.2) is 4.98 Å². The van der Waals surface area contributed by atoms with Crippen LogP contribution in [0.5, 0.6) is 0 Å². The fourth-order valence-corrected chi connectivity index (χ4v) is 3.50. The van der Waals surface area contributed by atoms with Crippen LogP contribution in [0.4, 0.5) is 0 Å². The summed E-state index contributed by atoms with van der Waals surface area (Å²) in [6, 6.07) is 7.13. The normalized spacial score (nSPS) is 15.1. The molecule has 2 heterocycles. The fraction of sp³-hybridized carbons (Fsp3) is 0.524. The average molecular weight is 385 g/mol. The van der Waals surface area contributed by atoms with Gasteiger partial charge in [0.15, 0.2) is 6.61 Å². The molecule has 0 radical (unpaired) electrons. The first-order chi connectivity index (χ1) is 13.6. The minimum atomic E-state index is -0.456. The SMILES string of the molecule is Cn1c(CCC(=O)OCC(=O)N2CCCCCCC2)nc2ccccc2c1=O. The topological polar surface area (TPSA) is 81.5 Å². The van der Waals surface area contributed by atoms with Crippen molar-refractivity contribution in [2.24, 2.45) is 7.05 Å². The van der Waals surface area contributed by atoms with Crippen molar-refractivity contribution in [2.45, 2.75) is 44.9 Å². The summed E-state index contributed by atoms with van der Waals surface area (Å²) in [5, 5.41) is 0.551. The summed E-state index contributed by atoms with van der Waals surface area (Å²) in [4.78, 5) is 43.0. The monoisotopic (exact) mass is 385 g/mol. The average Bonchev–Trinajstić information content (AvgIpc) is 2.67. The summed E-state index contributed by atoms with van der Waals surface area (Å²) < 4.78 is 6.62. The second kappa shape index (κ2) is 9.48. The molecule has 1 aromatic heterocycles. The second-order valence-electron chi connectivity index (χ2n) is 7.22. The van der Waals surface area contributed by atoms with Crippen LogP contribution in [0.3, 0.4) is 0 Å². The number of aromatic nitrogens is 2. The predicted molar refractivity (Wildman–Crippen MR) is 106 cm³/mol. The predicted octanol–water partition coefficient (Wildman–Crippen LogP) is 2.20. The third-order valence-corrected chi connectivity index (χ3v) is 5.19. The van der Waals surface area contributed by atoms with Gasteiger partial charge in [-0.15, -0.1) is 0 Å². The Balaban J connectivity index is 1.53. The highest BCUT2D eigenvalue weighted by atomic mass is 16.5. The molecule has 0 bridgehead atoms. The number of carbonyl (C=O) groups is 2. The molecule has 7 nitrogen and oxygen atoms in total. The van der Waals surface area contributed by atoms with E-state index < -0.39 is 5.97 Å². The molecule has 0 spiro atoms.